The Hall–Kier alpha value is -3.86. The smallest absolute Gasteiger partial charge is 0.308 e. The van der Waals surface area contributed by atoms with Crippen LogP contribution in [0.1, 0.15) is 66.0 Å². The first-order chi connectivity index (χ1) is 28.1. The van der Waals surface area contributed by atoms with Crippen molar-refractivity contribution in [2.75, 3.05) is 34.3 Å². The molecule has 4 N–H and O–H groups in total. The number of hydrogen-bond acceptors (Lipinski definition) is 13. The van der Waals surface area contributed by atoms with Crippen LogP contribution in [0.5, 0.6) is 0 Å². The number of benzene rings is 2. The predicted octanol–water partition coefficient (Wildman–Crippen LogP) is 4.07. The standard InChI is InChI=1S/C45H65N5O9/c1-9-39-34(26-51)20-27(2)14-17-37(52)28(3)21-33(18-19-49(8)24-35-25-50(47-46-35)36-16-15-31-12-10-11-13-32(31)22-36)44(29(4)38(53)23-40(54)58-39)59-45-43(56)41(48(6)7)42(55)30(5)57-45/h10-17,20,22,25,28-30,33-34,38-39,41-45,51,53,55-56H,9,18-19,21,23-24,26H2,1-8H3/b17-14+,27-20+/t28-,29+,30-,33+,34-,38-,39-,41?,42?,43?,44-,45+/m1/s1. The van der Waals surface area contributed by atoms with E-state index < -0.39 is 72.7 Å². The van der Waals surface area contributed by atoms with Crippen molar-refractivity contribution < 1.29 is 44.2 Å². The highest BCUT2D eigenvalue weighted by atomic mass is 16.7. The summed E-state index contributed by atoms with van der Waals surface area (Å²) in [7, 11) is 5.50. The Morgan fingerprint density at radius 3 is 2.41 bits per heavy atom. The number of ether oxygens (including phenoxy) is 3. The van der Waals surface area contributed by atoms with Gasteiger partial charge >= 0.3 is 5.97 Å². The third-order valence-corrected chi connectivity index (χ3v) is 12.0. The molecule has 3 unspecified atom stereocenters. The zero-order valence-electron chi connectivity index (χ0n) is 35.8. The molecule has 0 spiro atoms. The van der Waals surface area contributed by atoms with Gasteiger partial charge in [-0.3, -0.25) is 9.59 Å². The fourth-order valence-corrected chi connectivity index (χ4v) is 8.42. The van der Waals surface area contributed by atoms with Crippen molar-refractivity contribution in [2.24, 2.45) is 23.7 Å². The molecule has 0 saturated carbocycles. The van der Waals surface area contributed by atoms with E-state index in [-0.39, 0.29) is 24.7 Å². The van der Waals surface area contributed by atoms with E-state index in [2.05, 4.69) is 39.5 Å². The summed E-state index contributed by atoms with van der Waals surface area (Å²) < 4.78 is 20.5. The Bertz CT molecular complexity index is 1900. The number of aliphatic hydroxyl groups is 4. The van der Waals surface area contributed by atoms with Gasteiger partial charge in [-0.15, -0.1) is 5.10 Å². The van der Waals surface area contributed by atoms with Crippen molar-refractivity contribution in [1.29, 1.82) is 0 Å². The Morgan fingerprint density at radius 1 is 0.983 bits per heavy atom. The minimum atomic E-state index is -1.25. The molecule has 0 amide bonds. The average Bonchev–Trinajstić information content (AvgIpc) is 3.68. The van der Waals surface area contributed by atoms with Crippen LogP contribution in [0.15, 0.2) is 72.5 Å². The number of allylic oxidation sites excluding steroid dienone is 3. The molecule has 59 heavy (non-hydrogen) atoms. The number of carbonyl (C=O) groups is 2. The summed E-state index contributed by atoms with van der Waals surface area (Å²) in [6, 6.07) is 13.6. The minimum absolute atomic E-state index is 0.0992. The molecule has 0 radical (unpaired) electrons. The first-order valence-electron chi connectivity index (χ1n) is 20.9. The number of fused-ring (bicyclic) bond motifs is 1. The summed E-state index contributed by atoms with van der Waals surface area (Å²) in [5.74, 6) is -2.75. The highest BCUT2D eigenvalue weighted by molar-refractivity contribution is 5.91. The van der Waals surface area contributed by atoms with E-state index in [0.717, 1.165) is 27.7 Å². The third kappa shape index (κ3) is 11.9. The highest BCUT2D eigenvalue weighted by Gasteiger charge is 2.47. The van der Waals surface area contributed by atoms with Gasteiger partial charge in [-0.2, -0.15) is 0 Å². The topological polar surface area (TPSA) is 180 Å². The molecule has 1 saturated heterocycles. The number of hydrogen-bond donors (Lipinski definition) is 4. The van der Waals surface area contributed by atoms with Gasteiger partial charge in [0.2, 0.25) is 0 Å². The lowest BCUT2D eigenvalue weighted by atomic mass is 9.79. The summed E-state index contributed by atoms with van der Waals surface area (Å²) in [6.45, 7) is 9.82. The summed E-state index contributed by atoms with van der Waals surface area (Å²) in [5.41, 5.74) is 2.41. The molecule has 324 valence electrons. The van der Waals surface area contributed by atoms with Gasteiger partial charge in [0.1, 0.15) is 12.2 Å². The molecule has 0 aliphatic carbocycles. The van der Waals surface area contributed by atoms with Crippen LogP contribution in [0.3, 0.4) is 0 Å². The van der Waals surface area contributed by atoms with E-state index in [1.54, 1.807) is 55.8 Å². The van der Waals surface area contributed by atoms with Crippen LogP contribution in [0, 0.1) is 23.7 Å². The maximum atomic E-state index is 13.7. The Kier molecular flexibility index (Phi) is 16.5. The SMILES string of the molecule is CC[C@H]1OC(=O)C[C@@H](O)[C@H](C)[C@@H](O[C@@H]2O[C@H](C)C(O)C(N(C)C)C2O)[C@@H](CCN(C)Cc2cn(-c3ccc4ccccc4c3)nn2)C[C@@H](C)C(=O)/C=C/C(C)=C/[C@@H]1CO. The summed E-state index contributed by atoms with van der Waals surface area (Å²) in [4.78, 5) is 31.0. The number of aliphatic hydroxyl groups excluding tert-OH is 4. The second kappa shape index (κ2) is 21.1. The summed E-state index contributed by atoms with van der Waals surface area (Å²) in [5, 5.41) is 55.6. The van der Waals surface area contributed by atoms with Crippen LogP contribution in [-0.2, 0) is 30.3 Å². The molecule has 14 heteroatoms. The van der Waals surface area contributed by atoms with Crippen molar-refractivity contribution >= 4 is 22.5 Å². The van der Waals surface area contributed by atoms with Gasteiger partial charge in [0.05, 0.1) is 61.1 Å². The molecule has 0 bridgehead atoms. The van der Waals surface area contributed by atoms with Crippen molar-refractivity contribution in [3.8, 4) is 5.69 Å². The number of carbonyl (C=O) groups excluding carboxylic acids is 2. The summed E-state index contributed by atoms with van der Waals surface area (Å²) in [6.07, 6.45) is 1.13. The van der Waals surface area contributed by atoms with Crippen LogP contribution in [0.25, 0.3) is 16.5 Å². The predicted molar refractivity (Wildman–Crippen MR) is 224 cm³/mol. The Labute approximate surface area is 348 Å². The number of rotatable bonds is 11. The lowest BCUT2D eigenvalue weighted by molar-refractivity contribution is -0.304. The van der Waals surface area contributed by atoms with Gasteiger partial charge in [-0.25, -0.2) is 4.68 Å². The number of cyclic esters (lactones) is 1. The molecule has 12 atom stereocenters. The number of likely N-dealkylation sites (N-methyl/N-ethyl adjacent to an activating group) is 1. The first-order valence-corrected chi connectivity index (χ1v) is 20.9. The Balaban J connectivity index is 1.44. The van der Waals surface area contributed by atoms with E-state index >= 15 is 0 Å². The van der Waals surface area contributed by atoms with Crippen LogP contribution in [-0.4, -0.2) is 140 Å². The third-order valence-electron chi connectivity index (χ3n) is 12.0. The molecule has 3 aromatic rings. The van der Waals surface area contributed by atoms with Gasteiger partial charge in [-0.05, 0) is 95.7 Å². The fourth-order valence-electron chi connectivity index (χ4n) is 8.42. The molecule has 1 aromatic heterocycles. The monoisotopic (exact) mass is 819 g/mol. The van der Waals surface area contributed by atoms with E-state index in [4.69, 9.17) is 14.2 Å². The van der Waals surface area contributed by atoms with E-state index in [9.17, 15) is 30.0 Å². The normalized spacial score (nSPS) is 33.2. The minimum Gasteiger partial charge on any atom is -0.462 e. The van der Waals surface area contributed by atoms with Crippen molar-refractivity contribution in [2.45, 2.75) is 116 Å². The lowest BCUT2D eigenvalue weighted by Gasteiger charge is -2.46. The number of esters is 1. The number of aromatic nitrogens is 3. The van der Waals surface area contributed by atoms with Gasteiger partial charge in [0.15, 0.2) is 12.1 Å². The molecule has 2 aromatic carbocycles. The quantitative estimate of drug-likeness (QED) is 0.204. The number of ketones is 1. The highest BCUT2D eigenvalue weighted by Crippen LogP contribution is 2.35. The van der Waals surface area contributed by atoms with Gasteiger partial charge < -0.3 is 44.4 Å². The van der Waals surface area contributed by atoms with Crippen molar-refractivity contribution in [3.05, 3.63) is 78.2 Å². The second-order valence-corrected chi connectivity index (χ2v) is 16.9. The van der Waals surface area contributed by atoms with Crippen LogP contribution in [0.2, 0.25) is 0 Å². The van der Waals surface area contributed by atoms with Crippen LogP contribution in [0.4, 0.5) is 0 Å². The molecular formula is C45H65N5O9. The van der Waals surface area contributed by atoms with Gasteiger partial charge in [-0.1, -0.05) is 74.0 Å². The molecule has 2 aliphatic rings. The zero-order chi connectivity index (χ0) is 43.0. The Morgan fingerprint density at radius 2 is 1.71 bits per heavy atom. The largest absolute Gasteiger partial charge is 0.462 e. The van der Waals surface area contributed by atoms with Crippen LogP contribution < -0.4 is 0 Å². The fraction of sp³-hybridized carbons (Fsp3) is 0.600. The average molecular weight is 820 g/mol. The lowest BCUT2D eigenvalue weighted by Crippen LogP contribution is -2.63. The summed E-state index contributed by atoms with van der Waals surface area (Å²) >= 11 is 0. The van der Waals surface area contributed by atoms with E-state index in [0.29, 0.717) is 32.4 Å². The van der Waals surface area contributed by atoms with Crippen LogP contribution >= 0.6 is 0 Å². The van der Waals surface area contributed by atoms with Crippen molar-refractivity contribution in [1.82, 2.24) is 24.8 Å². The molecule has 1 fully saturated rings. The zero-order valence-corrected chi connectivity index (χ0v) is 35.8. The van der Waals surface area contributed by atoms with E-state index in [1.807, 2.05) is 52.2 Å². The van der Waals surface area contributed by atoms with Crippen molar-refractivity contribution in [3.63, 3.8) is 0 Å². The molecule has 5 rings (SSSR count). The van der Waals surface area contributed by atoms with E-state index in [1.165, 1.54) is 0 Å². The van der Waals surface area contributed by atoms with Gasteiger partial charge in [0.25, 0.3) is 0 Å². The second-order valence-electron chi connectivity index (χ2n) is 16.9. The molecular weight excluding hydrogens is 755 g/mol. The molecule has 3 heterocycles. The number of nitrogens with zero attached hydrogens (tertiary/aromatic N) is 5. The maximum Gasteiger partial charge on any atom is 0.308 e. The molecule has 14 nitrogen and oxygen atoms in total. The molecule has 2 aliphatic heterocycles. The maximum absolute atomic E-state index is 13.7. The van der Waals surface area contributed by atoms with Gasteiger partial charge in [0, 0.05) is 24.3 Å². The first kappa shape index (κ1) is 46.2.